The maximum atomic E-state index is 13.1. The van der Waals surface area contributed by atoms with Crippen LogP contribution in [0.4, 0.5) is 0 Å². The van der Waals surface area contributed by atoms with E-state index in [0.29, 0.717) is 18.7 Å². The van der Waals surface area contributed by atoms with Crippen LogP contribution in [0.1, 0.15) is 61.3 Å². The zero-order chi connectivity index (χ0) is 22.5. The SMILES string of the molecule is CC(C)c1cc(C(=O)NCc2cccc(OCCN(C)C)c2)c2cnn(C(C)C)c2n1. The number of pyridine rings is 1. The largest absolute Gasteiger partial charge is 0.492 e. The van der Waals surface area contributed by atoms with Gasteiger partial charge in [-0.2, -0.15) is 5.10 Å². The number of nitrogens with zero attached hydrogens (tertiary/aromatic N) is 4. The van der Waals surface area contributed by atoms with E-state index in [1.165, 1.54) is 0 Å². The lowest BCUT2D eigenvalue weighted by atomic mass is 10.0. The van der Waals surface area contributed by atoms with Crippen LogP contribution in [-0.2, 0) is 6.54 Å². The Bertz CT molecular complexity index is 1040. The van der Waals surface area contributed by atoms with Crippen molar-refractivity contribution in [3.8, 4) is 5.75 Å². The molecule has 3 aromatic rings. The lowest BCUT2D eigenvalue weighted by Gasteiger charge is -2.13. The predicted octanol–water partition coefficient (Wildman–Crippen LogP) is 4.01. The quantitative estimate of drug-likeness (QED) is 0.563. The highest BCUT2D eigenvalue weighted by Crippen LogP contribution is 2.24. The van der Waals surface area contributed by atoms with Gasteiger partial charge in [-0.15, -0.1) is 0 Å². The lowest BCUT2D eigenvalue weighted by Crippen LogP contribution is -2.23. The first-order chi connectivity index (χ1) is 14.8. The summed E-state index contributed by atoms with van der Waals surface area (Å²) in [5.74, 6) is 0.888. The molecule has 0 saturated heterocycles. The summed E-state index contributed by atoms with van der Waals surface area (Å²) in [6.07, 6.45) is 1.74. The van der Waals surface area contributed by atoms with Crippen molar-refractivity contribution in [2.45, 2.75) is 46.2 Å². The third-order valence-electron chi connectivity index (χ3n) is 5.07. The molecule has 31 heavy (non-hydrogen) atoms. The van der Waals surface area contributed by atoms with Gasteiger partial charge in [-0.3, -0.25) is 4.79 Å². The molecular formula is C24H33N5O2. The Morgan fingerprint density at radius 1 is 1.19 bits per heavy atom. The van der Waals surface area contributed by atoms with E-state index < -0.39 is 0 Å². The van der Waals surface area contributed by atoms with Crippen molar-refractivity contribution in [2.75, 3.05) is 27.2 Å². The number of ether oxygens (including phenoxy) is 1. The van der Waals surface area contributed by atoms with Gasteiger partial charge in [0.25, 0.3) is 5.91 Å². The minimum atomic E-state index is -0.128. The smallest absolute Gasteiger partial charge is 0.252 e. The number of amides is 1. The molecule has 0 saturated carbocycles. The van der Waals surface area contributed by atoms with Gasteiger partial charge < -0.3 is 15.0 Å². The second-order valence-electron chi connectivity index (χ2n) is 8.65. The summed E-state index contributed by atoms with van der Waals surface area (Å²) in [5, 5.41) is 8.28. The van der Waals surface area contributed by atoms with Crippen LogP contribution in [0.3, 0.4) is 0 Å². The van der Waals surface area contributed by atoms with Crippen LogP contribution in [0.2, 0.25) is 0 Å². The normalized spacial score (nSPS) is 11.6. The highest BCUT2D eigenvalue weighted by Gasteiger charge is 2.18. The number of carbonyl (C=O) groups excluding carboxylic acids is 1. The summed E-state index contributed by atoms with van der Waals surface area (Å²) in [6.45, 7) is 10.2. The first kappa shape index (κ1) is 22.7. The first-order valence-corrected chi connectivity index (χ1v) is 10.8. The van der Waals surface area contributed by atoms with Gasteiger partial charge in [0.05, 0.1) is 17.1 Å². The Balaban J connectivity index is 1.78. The van der Waals surface area contributed by atoms with Crippen LogP contribution >= 0.6 is 0 Å². The molecule has 0 unspecified atom stereocenters. The molecule has 7 heteroatoms. The minimum Gasteiger partial charge on any atom is -0.492 e. The maximum absolute atomic E-state index is 13.1. The molecule has 0 bridgehead atoms. The van der Waals surface area contributed by atoms with Gasteiger partial charge in [0, 0.05) is 24.8 Å². The van der Waals surface area contributed by atoms with Gasteiger partial charge in [0.15, 0.2) is 5.65 Å². The van der Waals surface area contributed by atoms with Crippen molar-refractivity contribution in [3.63, 3.8) is 0 Å². The van der Waals surface area contributed by atoms with Crippen LogP contribution in [0.15, 0.2) is 36.5 Å². The molecular weight excluding hydrogens is 390 g/mol. The molecule has 1 N–H and O–H groups in total. The Kier molecular flexibility index (Phi) is 7.28. The minimum absolute atomic E-state index is 0.128. The predicted molar refractivity (Wildman–Crippen MR) is 124 cm³/mol. The summed E-state index contributed by atoms with van der Waals surface area (Å²) in [4.78, 5) is 20.0. The van der Waals surface area contributed by atoms with E-state index >= 15 is 0 Å². The molecule has 166 valence electrons. The van der Waals surface area contributed by atoms with E-state index in [-0.39, 0.29) is 17.9 Å². The van der Waals surface area contributed by atoms with E-state index in [4.69, 9.17) is 9.72 Å². The zero-order valence-electron chi connectivity index (χ0n) is 19.3. The summed E-state index contributed by atoms with van der Waals surface area (Å²) in [5.41, 5.74) is 3.24. The number of carbonyl (C=O) groups is 1. The van der Waals surface area contributed by atoms with Gasteiger partial charge in [-0.05, 0) is 57.6 Å². The van der Waals surface area contributed by atoms with E-state index in [2.05, 4.69) is 43.0 Å². The number of aromatic nitrogens is 3. The van der Waals surface area contributed by atoms with E-state index in [9.17, 15) is 4.79 Å². The fraction of sp³-hybridized carbons (Fsp3) is 0.458. The fourth-order valence-electron chi connectivity index (χ4n) is 3.27. The van der Waals surface area contributed by atoms with Crippen LogP contribution in [0.25, 0.3) is 11.0 Å². The lowest BCUT2D eigenvalue weighted by molar-refractivity contribution is 0.0952. The number of benzene rings is 1. The molecule has 1 aromatic carbocycles. The highest BCUT2D eigenvalue weighted by molar-refractivity contribution is 6.05. The average Bonchev–Trinajstić information content (AvgIpc) is 3.15. The second kappa shape index (κ2) is 9.92. The van der Waals surface area contributed by atoms with Gasteiger partial charge >= 0.3 is 0 Å². The van der Waals surface area contributed by atoms with E-state index in [1.54, 1.807) is 6.20 Å². The Hall–Kier alpha value is -2.93. The van der Waals surface area contributed by atoms with Crippen molar-refractivity contribution in [1.29, 1.82) is 0 Å². The van der Waals surface area contributed by atoms with Crippen LogP contribution in [0.5, 0.6) is 5.75 Å². The van der Waals surface area contributed by atoms with Crippen molar-refractivity contribution in [1.82, 2.24) is 25.0 Å². The monoisotopic (exact) mass is 423 g/mol. The van der Waals surface area contributed by atoms with Crippen molar-refractivity contribution in [3.05, 3.63) is 53.3 Å². The van der Waals surface area contributed by atoms with Crippen molar-refractivity contribution in [2.24, 2.45) is 0 Å². The first-order valence-electron chi connectivity index (χ1n) is 10.8. The molecule has 2 aromatic heterocycles. The summed E-state index contributed by atoms with van der Waals surface area (Å²) in [7, 11) is 4.03. The van der Waals surface area contributed by atoms with Crippen molar-refractivity contribution < 1.29 is 9.53 Å². The standard InChI is InChI=1S/C24H33N5O2/c1-16(2)22-13-20(21-15-26-29(17(3)4)23(21)27-22)24(30)25-14-18-8-7-9-19(12-18)31-11-10-28(5)6/h7-9,12-13,15-17H,10-11,14H2,1-6H3,(H,25,30). The number of hydrogen-bond acceptors (Lipinski definition) is 5. The number of nitrogens with one attached hydrogen (secondary N) is 1. The summed E-state index contributed by atoms with van der Waals surface area (Å²) < 4.78 is 7.67. The maximum Gasteiger partial charge on any atom is 0.252 e. The van der Waals surface area contributed by atoms with Gasteiger partial charge in [0.1, 0.15) is 12.4 Å². The molecule has 0 spiro atoms. The van der Waals surface area contributed by atoms with Gasteiger partial charge in [0.2, 0.25) is 0 Å². The van der Waals surface area contributed by atoms with E-state index in [0.717, 1.165) is 34.6 Å². The van der Waals surface area contributed by atoms with Gasteiger partial charge in [-0.25, -0.2) is 9.67 Å². The number of likely N-dealkylation sites (N-methyl/N-ethyl adjacent to an activating group) is 1. The molecule has 0 aliphatic heterocycles. The molecule has 1 amide bonds. The third kappa shape index (κ3) is 5.61. The molecule has 0 radical (unpaired) electrons. The van der Waals surface area contributed by atoms with Crippen LogP contribution in [-0.4, -0.2) is 52.8 Å². The number of fused-ring (bicyclic) bond motifs is 1. The molecule has 0 aliphatic rings. The van der Waals surface area contributed by atoms with Crippen LogP contribution < -0.4 is 10.1 Å². The van der Waals surface area contributed by atoms with Crippen LogP contribution in [0, 0.1) is 0 Å². The molecule has 0 aliphatic carbocycles. The van der Waals surface area contributed by atoms with Gasteiger partial charge in [-0.1, -0.05) is 26.0 Å². The summed E-state index contributed by atoms with van der Waals surface area (Å²) >= 11 is 0. The Labute approximate surface area is 184 Å². The molecule has 2 heterocycles. The molecule has 3 rings (SSSR count). The topological polar surface area (TPSA) is 72.3 Å². The number of hydrogen-bond donors (Lipinski definition) is 1. The number of rotatable bonds is 9. The third-order valence-corrected chi connectivity index (χ3v) is 5.07. The average molecular weight is 424 g/mol. The second-order valence-corrected chi connectivity index (χ2v) is 8.65. The van der Waals surface area contributed by atoms with E-state index in [1.807, 2.05) is 49.1 Å². The molecule has 0 atom stereocenters. The highest BCUT2D eigenvalue weighted by atomic mass is 16.5. The zero-order valence-corrected chi connectivity index (χ0v) is 19.3. The Morgan fingerprint density at radius 2 is 1.97 bits per heavy atom. The summed E-state index contributed by atoms with van der Waals surface area (Å²) in [6, 6.07) is 9.88. The molecule has 0 fully saturated rings. The fourth-order valence-corrected chi connectivity index (χ4v) is 3.27. The van der Waals surface area contributed by atoms with Crippen molar-refractivity contribution >= 4 is 16.9 Å². The molecule has 7 nitrogen and oxygen atoms in total. The Morgan fingerprint density at radius 3 is 2.65 bits per heavy atom.